The Bertz CT molecular complexity index is 350. The van der Waals surface area contributed by atoms with Gasteiger partial charge in [-0.2, -0.15) is 13.2 Å². The molecule has 0 spiro atoms. The summed E-state index contributed by atoms with van der Waals surface area (Å²) in [5, 5.41) is 0. The van der Waals surface area contributed by atoms with E-state index in [-0.39, 0.29) is 5.56 Å². The van der Waals surface area contributed by atoms with Crippen LogP contribution in [0.2, 0.25) is 0 Å². The third-order valence-corrected chi connectivity index (χ3v) is 1.61. The van der Waals surface area contributed by atoms with Crippen LogP contribution >= 0.6 is 0 Å². The van der Waals surface area contributed by atoms with Gasteiger partial charge in [-0.25, -0.2) is 4.39 Å². The zero-order chi connectivity index (χ0) is 10.8. The first-order valence-electron chi connectivity index (χ1n) is 3.77. The molecule has 0 aliphatic rings. The Hall–Kier alpha value is -1.32. The Morgan fingerprint density at radius 2 is 1.86 bits per heavy atom. The number of hydrogen-bond acceptors (Lipinski definition) is 0. The van der Waals surface area contributed by atoms with Crippen molar-refractivity contribution in [3.05, 3.63) is 48.1 Å². The SMILES string of the molecule is [CH2]/C=C/c1ccc(F)c(C(F)(F)F)c1. The van der Waals surface area contributed by atoms with Crippen molar-refractivity contribution >= 4 is 6.08 Å². The maximum atomic E-state index is 12.7. The summed E-state index contributed by atoms with van der Waals surface area (Å²) in [6.07, 6.45) is -1.95. The maximum absolute atomic E-state index is 12.7. The molecule has 0 N–H and O–H groups in total. The van der Waals surface area contributed by atoms with E-state index in [2.05, 4.69) is 6.92 Å². The van der Waals surface area contributed by atoms with E-state index < -0.39 is 17.6 Å². The predicted octanol–water partition coefficient (Wildman–Crippen LogP) is 3.69. The van der Waals surface area contributed by atoms with E-state index in [0.717, 1.165) is 12.1 Å². The Balaban J connectivity index is 3.22. The van der Waals surface area contributed by atoms with Gasteiger partial charge in [-0.1, -0.05) is 18.2 Å². The summed E-state index contributed by atoms with van der Waals surface area (Å²) in [5.74, 6) is -1.27. The van der Waals surface area contributed by atoms with Crippen molar-refractivity contribution in [1.29, 1.82) is 0 Å². The molecule has 1 aromatic rings. The Labute approximate surface area is 78.9 Å². The van der Waals surface area contributed by atoms with Crippen LogP contribution < -0.4 is 0 Å². The summed E-state index contributed by atoms with van der Waals surface area (Å²) in [7, 11) is 0. The summed E-state index contributed by atoms with van der Waals surface area (Å²) >= 11 is 0. The van der Waals surface area contributed by atoms with Crippen molar-refractivity contribution in [3.8, 4) is 0 Å². The Kier molecular flexibility index (Phi) is 2.93. The zero-order valence-corrected chi connectivity index (χ0v) is 7.11. The van der Waals surface area contributed by atoms with Crippen molar-refractivity contribution in [1.82, 2.24) is 0 Å². The van der Waals surface area contributed by atoms with Gasteiger partial charge in [0.1, 0.15) is 5.82 Å². The van der Waals surface area contributed by atoms with E-state index >= 15 is 0 Å². The largest absolute Gasteiger partial charge is 0.419 e. The lowest BCUT2D eigenvalue weighted by Gasteiger charge is -2.08. The van der Waals surface area contributed by atoms with Gasteiger partial charge < -0.3 is 0 Å². The smallest absolute Gasteiger partial charge is 0.206 e. The van der Waals surface area contributed by atoms with Gasteiger partial charge in [0, 0.05) is 0 Å². The van der Waals surface area contributed by atoms with E-state index in [1.165, 1.54) is 18.2 Å². The third kappa shape index (κ3) is 2.34. The molecule has 75 valence electrons. The predicted molar refractivity (Wildman–Crippen MR) is 45.8 cm³/mol. The molecular formula is C10H7F4. The lowest BCUT2D eigenvalue weighted by molar-refractivity contribution is -0.140. The molecule has 4 heteroatoms. The minimum atomic E-state index is -4.66. The second kappa shape index (κ2) is 3.82. The number of allylic oxidation sites excluding steroid dienone is 1. The molecule has 1 rings (SSSR count). The second-order valence-electron chi connectivity index (χ2n) is 2.64. The first kappa shape index (κ1) is 10.8. The highest BCUT2D eigenvalue weighted by Crippen LogP contribution is 2.32. The van der Waals surface area contributed by atoms with Crippen LogP contribution in [0, 0.1) is 12.7 Å². The molecule has 0 aromatic heterocycles. The highest BCUT2D eigenvalue weighted by Gasteiger charge is 2.33. The standard InChI is InChI=1S/C10H7F4/c1-2-3-7-4-5-9(11)8(6-7)10(12,13)14/h2-6H,1H2/b3-2+. The Morgan fingerprint density at radius 3 is 2.36 bits per heavy atom. The average Bonchev–Trinajstić information content (AvgIpc) is 2.07. The third-order valence-electron chi connectivity index (χ3n) is 1.61. The van der Waals surface area contributed by atoms with E-state index in [1.54, 1.807) is 0 Å². The quantitative estimate of drug-likeness (QED) is 0.610. The number of rotatable bonds is 1. The minimum absolute atomic E-state index is 0.272. The second-order valence-corrected chi connectivity index (χ2v) is 2.64. The molecule has 0 atom stereocenters. The van der Waals surface area contributed by atoms with E-state index in [9.17, 15) is 17.6 Å². The first-order valence-corrected chi connectivity index (χ1v) is 3.77. The normalized spacial score (nSPS) is 12.4. The molecule has 0 aliphatic carbocycles. The fraction of sp³-hybridized carbons (Fsp3) is 0.100. The lowest BCUT2D eigenvalue weighted by atomic mass is 10.1. The molecule has 0 unspecified atom stereocenters. The first-order chi connectivity index (χ1) is 6.45. The van der Waals surface area contributed by atoms with Crippen LogP contribution in [0.15, 0.2) is 24.3 Å². The molecule has 14 heavy (non-hydrogen) atoms. The molecule has 0 saturated heterocycles. The molecule has 0 fully saturated rings. The maximum Gasteiger partial charge on any atom is 0.419 e. The summed E-state index contributed by atoms with van der Waals surface area (Å²) in [4.78, 5) is 0. The summed E-state index contributed by atoms with van der Waals surface area (Å²) < 4.78 is 49.3. The van der Waals surface area contributed by atoms with Crippen LogP contribution in [0.4, 0.5) is 17.6 Å². The molecule has 1 aromatic carbocycles. The zero-order valence-electron chi connectivity index (χ0n) is 7.11. The number of alkyl halides is 3. The minimum Gasteiger partial charge on any atom is -0.206 e. The van der Waals surface area contributed by atoms with Gasteiger partial charge in [0.25, 0.3) is 0 Å². The van der Waals surface area contributed by atoms with Gasteiger partial charge in [0.15, 0.2) is 0 Å². The van der Waals surface area contributed by atoms with Crippen molar-refractivity contribution < 1.29 is 17.6 Å². The van der Waals surface area contributed by atoms with Gasteiger partial charge in [-0.3, -0.25) is 0 Å². The number of halogens is 4. The molecule has 0 amide bonds. The summed E-state index contributed by atoms with van der Waals surface area (Å²) in [6, 6.07) is 2.79. The summed E-state index contributed by atoms with van der Waals surface area (Å²) in [5.41, 5.74) is -0.984. The molecule has 0 heterocycles. The molecule has 0 nitrogen and oxygen atoms in total. The van der Waals surface area contributed by atoms with E-state index in [1.807, 2.05) is 0 Å². The van der Waals surface area contributed by atoms with Crippen molar-refractivity contribution in [2.75, 3.05) is 0 Å². The fourth-order valence-electron chi connectivity index (χ4n) is 1.000. The Morgan fingerprint density at radius 1 is 1.21 bits per heavy atom. The lowest BCUT2D eigenvalue weighted by Crippen LogP contribution is -2.08. The number of benzene rings is 1. The van der Waals surface area contributed by atoms with E-state index in [4.69, 9.17) is 0 Å². The van der Waals surface area contributed by atoms with Crippen LogP contribution in [-0.4, -0.2) is 0 Å². The van der Waals surface area contributed by atoms with Gasteiger partial charge in [-0.15, -0.1) is 0 Å². The molecule has 0 saturated carbocycles. The average molecular weight is 203 g/mol. The van der Waals surface area contributed by atoms with Crippen LogP contribution in [0.25, 0.3) is 6.08 Å². The topological polar surface area (TPSA) is 0 Å². The summed E-state index contributed by atoms with van der Waals surface area (Å²) in [6.45, 7) is 3.34. The van der Waals surface area contributed by atoms with E-state index in [0.29, 0.717) is 0 Å². The van der Waals surface area contributed by atoms with Crippen molar-refractivity contribution in [3.63, 3.8) is 0 Å². The van der Waals surface area contributed by atoms with Crippen LogP contribution in [0.1, 0.15) is 11.1 Å². The monoisotopic (exact) mass is 203 g/mol. The van der Waals surface area contributed by atoms with Crippen LogP contribution in [0.5, 0.6) is 0 Å². The molecule has 1 radical (unpaired) electrons. The van der Waals surface area contributed by atoms with Crippen LogP contribution in [0.3, 0.4) is 0 Å². The van der Waals surface area contributed by atoms with Gasteiger partial charge in [0.2, 0.25) is 0 Å². The fourth-order valence-corrected chi connectivity index (χ4v) is 1.000. The van der Waals surface area contributed by atoms with Crippen LogP contribution in [-0.2, 0) is 6.18 Å². The number of hydrogen-bond donors (Lipinski definition) is 0. The highest BCUT2D eigenvalue weighted by molar-refractivity contribution is 5.51. The van der Waals surface area contributed by atoms with Gasteiger partial charge >= 0.3 is 6.18 Å². The molecule has 0 bridgehead atoms. The van der Waals surface area contributed by atoms with Gasteiger partial charge in [-0.05, 0) is 24.6 Å². The molecule has 0 aliphatic heterocycles. The molecular weight excluding hydrogens is 196 g/mol. The highest BCUT2D eigenvalue weighted by atomic mass is 19.4. The van der Waals surface area contributed by atoms with Crippen molar-refractivity contribution in [2.45, 2.75) is 6.18 Å². The van der Waals surface area contributed by atoms with Gasteiger partial charge in [0.05, 0.1) is 5.56 Å². The van der Waals surface area contributed by atoms with Crippen molar-refractivity contribution in [2.24, 2.45) is 0 Å².